The molecule has 0 unspecified atom stereocenters. The minimum Gasteiger partial charge on any atom is -0.497 e. The van der Waals surface area contributed by atoms with Crippen LogP contribution in [0.1, 0.15) is 0 Å². The van der Waals surface area contributed by atoms with E-state index in [-0.39, 0.29) is 18.3 Å². The highest BCUT2D eigenvalue weighted by atomic mass is 19.1. The van der Waals surface area contributed by atoms with Crippen molar-refractivity contribution in [3.63, 3.8) is 0 Å². The molecule has 0 aliphatic carbocycles. The predicted molar refractivity (Wildman–Crippen MR) is 59.3 cm³/mol. The van der Waals surface area contributed by atoms with E-state index in [2.05, 4.69) is 4.99 Å². The molecule has 0 radical (unpaired) electrons. The second kappa shape index (κ2) is 5.69. The molecule has 0 saturated heterocycles. The summed E-state index contributed by atoms with van der Waals surface area (Å²) in [6, 6.07) is 3.84. The first kappa shape index (κ1) is 12.8. The quantitative estimate of drug-likeness (QED) is 0.335. The molecule has 1 aromatic carbocycles. The average molecular weight is 241 g/mol. The number of guanidine groups is 1. The molecule has 0 amide bonds. The number of benzene rings is 1. The Morgan fingerprint density at radius 3 is 2.71 bits per heavy atom. The van der Waals surface area contributed by atoms with Crippen molar-refractivity contribution in [3.8, 4) is 11.5 Å². The zero-order valence-electron chi connectivity index (χ0n) is 9.14. The SMILES string of the molecule is COc1ccc(OC(=O)CN=C(N)N)c(F)c1. The number of aliphatic imine (C=N–C) groups is 1. The van der Waals surface area contributed by atoms with Crippen LogP contribution < -0.4 is 20.9 Å². The van der Waals surface area contributed by atoms with Gasteiger partial charge < -0.3 is 20.9 Å². The Hall–Kier alpha value is -2.31. The summed E-state index contributed by atoms with van der Waals surface area (Å²) in [5.74, 6) is -1.59. The maximum absolute atomic E-state index is 13.4. The third kappa shape index (κ3) is 3.98. The van der Waals surface area contributed by atoms with Gasteiger partial charge in [-0.2, -0.15) is 0 Å². The summed E-state index contributed by atoms with van der Waals surface area (Å²) in [6.07, 6.45) is 0. The van der Waals surface area contributed by atoms with Crippen molar-refractivity contribution in [2.24, 2.45) is 16.5 Å². The molecule has 0 aliphatic rings. The van der Waals surface area contributed by atoms with Gasteiger partial charge in [-0.05, 0) is 12.1 Å². The molecule has 0 fully saturated rings. The van der Waals surface area contributed by atoms with Crippen LogP contribution in [0.4, 0.5) is 4.39 Å². The predicted octanol–water partition coefficient (Wildman–Crippen LogP) is 0.0131. The van der Waals surface area contributed by atoms with Crippen LogP contribution in [-0.4, -0.2) is 25.6 Å². The van der Waals surface area contributed by atoms with Crippen LogP contribution in [0, 0.1) is 5.82 Å². The molecular weight excluding hydrogens is 229 g/mol. The Morgan fingerprint density at radius 1 is 1.47 bits per heavy atom. The van der Waals surface area contributed by atoms with E-state index in [4.69, 9.17) is 20.9 Å². The molecule has 0 aromatic heterocycles. The maximum Gasteiger partial charge on any atom is 0.333 e. The molecule has 6 nitrogen and oxygen atoms in total. The van der Waals surface area contributed by atoms with Crippen molar-refractivity contribution < 1.29 is 18.7 Å². The third-order valence-corrected chi connectivity index (χ3v) is 1.75. The molecule has 4 N–H and O–H groups in total. The minimum atomic E-state index is -0.762. The van der Waals surface area contributed by atoms with Gasteiger partial charge in [0, 0.05) is 6.07 Å². The van der Waals surface area contributed by atoms with Crippen LogP contribution in [0.5, 0.6) is 11.5 Å². The number of hydrogen-bond acceptors (Lipinski definition) is 4. The van der Waals surface area contributed by atoms with Gasteiger partial charge in [0.25, 0.3) is 0 Å². The first-order chi connectivity index (χ1) is 8.02. The van der Waals surface area contributed by atoms with Gasteiger partial charge in [0.15, 0.2) is 17.5 Å². The Bertz CT molecular complexity index is 444. The van der Waals surface area contributed by atoms with E-state index in [1.54, 1.807) is 0 Å². The van der Waals surface area contributed by atoms with Gasteiger partial charge in [0.2, 0.25) is 0 Å². The highest BCUT2D eigenvalue weighted by Gasteiger charge is 2.09. The van der Waals surface area contributed by atoms with Crippen LogP contribution in [0.25, 0.3) is 0 Å². The number of esters is 1. The Balaban J connectivity index is 2.69. The molecular formula is C10H12FN3O3. The number of halogens is 1. The van der Waals surface area contributed by atoms with E-state index in [1.807, 2.05) is 0 Å². The van der Waals surface area contributed by atoms with Gasteiger partial charge in [-0.1, -0.05) is 0 Å². The van der Waals surface area contributed by atoms with Crippen molar-refractivity contribution in [1.82, 2.24) is 0 Å². The van der Waals surface area contributed by atoms with Crippen LogP contribution in [0.3, 0.4) is 0 Å². The fraction of sp³-hybridized carbons (Fsp3) is 0.200. The van der Waals surface area contributed by atoms with Crippen molar-refractivity contribution >= 4 is 11.9 Å². The van der Waals surface area contributed by atoms with E-state index in [9.17, 15) is 9.18 Å². The van der Waals surface area contributed by atoms with Gasteiger partial charge in [-0.25, -0.2) is 14.2 Å². The molecule has 0 saturated carbocycles. The summed E-state index contributed by atoms with van der Waals surface area (Å²) >= 11 is 0. The fourth-order valence-corrected chi connectivity index (χ4v) is 1.00. The van der Waals surface area contributed by atoms with Crippen molar-refractivity contribution in [3.05, 3.63) is 24.0 Å². The summed E-state index contributed by atoms with van der Waals surface area (Å²) in [6.45, 7) is -0.367. The molecule has 1 aromatic rings. The highest BCUT2D eigenvalue weighted by molar-refractivity contribution is 5.81. The van der Waals surface area contributed by atoms with Crippen LogP contribution in [0.15, 0.2) is 23.2 Å². The Labute approximate surface area is 97.0 Å². The van der Waals surface area contributed by atoms with Crippen LogP contribution in [0.2, 0.25) is 0 Å². The lowest BCUT2D eigenvalue weighted by Gasteiger charge is -2.05. The standard InChI is InChI=1S/C10H12FN3O3/c1-16-6-2-3-8(7(11)4-6)17-9(15)5-14-10(12)13/h2-4H,5H2,1H3,(H4,12,13,14). The first-order valence-electron chi connectivity index (χ1n) is 4.62. The molecule has 7 heteroatoms. The smallest absolute Gasteiger partial charge is 0.333 e. The maximum atomic E-state index is 13.4. The van der Waals surface area contributed by atoms with Gasteiger partial charge in [-0.3, -0.25) is 0 Å². The fourth-order valence-electron chi connectivity index (χ4n) is 1.00. The normalized spacial score (nSPS) is 9.53. The molecule has 0 bridgehead atoms. The lowest BCUT2D eigenvalue weighted by atomic mass is 10.3. The number of carbonyl (C=O) groups excluding carboxylic acids is 1. The topological polar surface area (TPSA) is 99.9 Å². The zero-order valence-corrected chi connectivity index (χ0v) is 9.14. The summed E-state index contributed by atoms with van der Waals surface area (Å²) in [5, 5.41) is 0. The van der Waals surface area contributed by atoms with Gasteiger partial charge in [0.1, 0.15) is 12.3 Å². The van der Waals surface area contributed by atoms with Gasteiger partial charge >= 0.3 is 5.97 Å². The Kier molecular flexibility index (Phi) is 4.27. The number of nitrogens with zero attached hydrogens (tertiary/aromatic N) is 1. The van der Waals surface area contributed by atoms with E-state index in [1.165, 1.54) is 19.2 Å². The zero-order chi connectivity index (χ0) is 12.8. The molecule has 92 valence electrons. The van der Waals surface area contributed by atoms with E-state index in [0.717, 1.165) is 6.07 Å². The largest absolute Gasteiger partial charge is 0.497 e. The molecule has 0 atom stereocenters. The third-order valence-electron chi connectivity index (χ3n) is 1.75. The number of nitrogens with two attached hydrogens (primary N) is 2. The van der Waals surface area contributed by atoms with Crippen LogP contribution in [-0.2, 0) is 4.79 Å². The van der Waals surface area contributed by atoms with Crippen molar-refractivity contribution in [2.45, 2.75) is 0 Å². The average Bonchev–Trinajstić information content (AvgIpc) is 2.29. The second-order valence-electron chi connectivity index (χ2n) is 3.01. The summed E-state index contributed by atoms with van der Waals surface area (Å²) < 4.78 is 22.9. The van der Waals surface area contributed by atoms with E-state index >= 15 is 0 Å². The van der Waals surface area contributed by atoms with E-state index < -0.39 is 11.8 Å². The molecule has 0 spiro atoms. The van der Waals surface area contributed by atoms with Crippen molar-refractivity contribution in [2.75, 3.05) is 13.7 Å². The number of methoxy groups -OCH3 is 1. The monoisotopic (exact) mass is 241 g/mol. The summed E-state index contributed by atoms with van der Waals surface area (Å²) in [4.78, 5) is 14.6. The Morgan fingerprint density at radius 2 is 2.18 bits per heavy atom. The molecule has 0 heterocycles. The molecule has 0 aliphatic heterocycles. The van der Waals surface area contributed by atoms with E-state index in [0.29, 0.717) is 5.75 Å². The summed E-state index contributed by atoms with van der Waals surface area (Å²) in [7, 11) is 1.40. The van der Waals surface area contributed by atoms with Gasteiger partial charge in [0.05, 0.1) is 7.11 Å². The summed E-state index contributed by atoms with van der Waals surface area (Å²) in [5.41, 5.74) is 10.1. The van der Waals surface area contributed by atoms with Crippen molar-refractivity contribution in [1.29, 1.82) is 0 Å². The lowest BCUT2D eigenvalue weighted by Crippen LogP contribution is -2.25. The number of hydrogen-bond donors (Lipinski definition) is 2. The number of ether oxygens (including phenoxy) is 2. The minimum absolute atomic E-state index is 0.207. The lowest BCUT2D eigenvalue weighted by molar-refractivity contribution is -0.132. The van der Waals surface area contributed by atoms with Crippen LogP contribution >= 0.6 is 0 Å². The number of carbonyl (C=O) groups is 1. The van der Waals surface area contributed by atoms with Gasteiger partial charge in [-0.15, -0.1) is 0 Å². The highest BCUT2D eigenvalue weighted by Crippen LogP contribution is 2.22. The molecule has 17 heavy (non-hydrogen) atoms. The second-order valence-corrected chi connectivity index (χ2v) is 3.01. The number of rotatable bonds is 4. The first-order valence-corrected chi connectivity index (χ1v) is 4.62. The molecule has 1 rings (SSSR count).